The van der Waals surface area contributed by atoms with Gasteiger partial charge in [-0.15, -0.1) is 0 Å². The molecule has 0 spiro atoms. The topological polar surface area (TPSA) is 53.0 Å². The molecule has 0 bridgehead atoms. The van der Waals surface area contributed by atoms with E-state index in [9.17, 15) is 9.90 Å². The molecule has 0 atom stereocenters. The number of carboxylic acid groups (broad SMARTS) is 1. The minimum Gasteiger partial charge on any atom is -0.545 e. The average molecular weight is 276 g/mol. The number of hydrogen-bond donors (Lipinski definition) is 0. The second kappa shape index (κ2) is 7.60. The summed E-state index contributed by atoms with van der Waals surface area (Å²) in [4.78, 5) is 13.7. The van der Waals surface area contributed by atoms with Crippen molar-refractivity contribution in [2.45, 2.75) is 0 Å². The Bertz CT molecular complexity index is 630. The first-order valence-electron chi connectivity index (χ1n) is 6.49. The van der Waals surface area contributed by atoms with Gasteiger partial charge in [-0.25, -0.2) is 0 Å². The van der Waals surface area contributed by atoms with Gasteiger partial charge in [0.25, 0.3) is 0 Å². The van der Waals surface area contributed by atoms with Crippen LogP contribution in [0.1, 0.15) is 10.4 Å². The Labute approximate surface area is 123 Å². The van der Waals surface area contributed by atoms with Crippen molar-refractivity contribution in [3.05, 3.63) is 90.8 Å². The Hall–Kier alpha value is -2.94. The molecule has 1 aromatic heterocycles. The van der Waals surface area contributed by atoms with Crippen molar-refractivity contribution >= 4 is 5.97 Å². The van der Waals surface area contributed by atoms with Gasteiger partial charge in [0, 0.05) is 18.0 Å². The molecule has 0 aliphatic heterocycles. The summed E-state index contributed by atoms with van der Waals surface area (Å²) in [6.45, 7) is 0. The number of rotatable bonds is 2. The van der Waals surface area contributed by atoms with E-state index in [1.165, 1.54) is 35.7 Å². The van der Waals surface area contributed by atoms with Crippen LogP contribution in [0.3, 0.4) is 0 Å². The number of aromatic carboxylic acids is 1. The number of carbonyl (C=O) groups is 1. The lowest BCUT2D eigenvalue weighted by Crippen LogP contribution is -2.21. The van der Waals surface area contributed by atoms with E-state index in [1.807, 2.05) is 12.1 Å². The molecule has 0 radical (unpaired) electrons. The maximum absolute atomic E-state index is 10.1. The molecule has 21 heavy (non-hydrogen) atoms. The van der Waals surface area contributed by atoms with E-state index >= 15 is 0 Å². The van der Waals surface area contributed by atoms with Crippen molar-refractivity contribution in [1.29, 1.82) is 0 Å². The molecule has 0 amide bonds. The predicted molar refractivity (Wildman–Crippen MR) is 80.4 cm³/mol. The fraction of sp³-hybridized carbons (Fsp3) is 0. The Balaban J connectivity index is 0.000000161. The molecule has 0 N–H and O–H groups in total. The number of carboxylic acids is 1. The zero-order valence-electron chi connectivity index (χ0n) is 11.3. The lowest BCUT2D eigenvalue weighted by molar-refractivity contribution is -0.255. The summed E-state index contributed by atoms with van der Waals surface area (Å²) in [5.74, 6) is -1.17. The lowest BCUT2D eigenvalue weighted by Gasteiger charge is -1.98. The monoisotopic (exact) mass is 276 g/mol. The maximum Gasteiger partial charge on any atom is 0.0716 e. The molecule has 0 unspecified atom stereocenters. The fourth-order valence-corrected chi connectivity index (χ4v) is 1.75. The summed E-state index contributed by atoms with van der Waals surface area (Å²) in [6, 6.07) is 23.5. The fourth-order valence-electron chi connectivity index (χ4n) is 1.75. The third kappa shape index (κ3) is 4.58. The molecule has 104 valence electrons. The van der Waals surface area contributed by atoms with Gasteiger partial charge in [-0.3, -0.25) is 4.98 Å². The SMILES string of the molecule is O=C([O-])c1ccncc1.c1ccc(-c2ccccc2)cc1. The number of pyridine rings is 1. The van der Waals surface area contributed by atoms with Crippen LogP contribution in [0.2, 0.25) is 0 Å². The Morgan fingerprint density at radius 3 is 1.48 bits per heavy atom. The summed E-state index contributed by atoms with van der Waals surface area (Å²) >= 11 is 0. The molecule has 3 rings (SSSR count). The summed E-state index contributed by atoms with van der Waals surface area (Å²) in [7, 11) is 0. The van der Waals surface area contributed by atoms with Crippen molar-refractivity contribution in [3.63, 3.8) is 0 Å². The van der Waals surface area contributed by atoms with Crippen LogP contribution in [0.5, 0.6) is 0 Å². The van der Waals surface area contributed by atoms with Crippen LogP contribution >= 0.6 is 0 Å². The Morgan fingerprint density at radius 1 is 0.714 bits per heavy atom. The molecule has 0 fully saturated rings. The lowest BCUT2D eigenvalue weighted by atomic mass is 10.1. The molecule has 0 saturated heterocycles. The van der Waals surface area contributed by atoms with Gasteiger partial charge in [0.2, 0.25) is 0 Å². The minimum absolute atomic E-state index is 0.157. The molecule has 3 aromatic rings. The second-order valence-electron chi connectivity index (χ2n) is 4.26. The Morgan fingerprint density at radius 2 is 1.14 bits per heavy atom. The highest BCUT2D eigenvalue weighted by Crippen LogP contribution is 2.17. The number of benzene rings is 2. The van der Waals surface area contributed by atoms with Crippen LogP contribution in [0, 0.1) is 0 Å². The summed E-state index contributed by atoms with van der Waals surface area (Å²) in [5, 5.41) is 10.1. The summed E-state index contributed by atoms with van der Waals surface area (Å²) in [5.41, 5.74) is 2.71. The van der Waals surface area contributed by atoms with Crippen molar-refractivity contribution in [2.75, 3.05) is 0 Å². The molecule has 2 aromatic carbocycles. The molecule has 3 heteroatoms. The van der Waals surface area contributed by atoms with Gasteiger partial charge in [-0.1, -0.05) is 60.7 Å². The zero-order chi connectivity index (χ0) is 14.9. The first kappa shape index (κ1) is 14.5. The van der Waals surface area contributed by atoms with Crippen LogP contribution in [-0.4, -0.2) is 11.0 Å². The van der Waals surface area contributed by atoms with Crippen LogP contribution in [-0.2, 0) is 0 Å². The van der Waals surface area contributed by atoms with Gasteiger partial charge in [-0.2, -0.15) is 0 Å². The van der Waals surface area contributed by atoms with Crippen molar-refractivity contribution < 1.29 is 9.90 Å². The van der Waals surface area contributed by atoms with Crippen molar-refractivity contribution in [2.24, 2.45) is 0 Å². The first-order chi connectivity index (χ1) is 10.3. The smallest absolute Gasteiger partial charge is 0.0716 e. The molecular weight excluding hydrogens is 262 g/mol. The average Bonchev–Trinajstić information content (AvgIpc) is 2.58. The van der Waals surface area contributed by atoms with E-state index in [2.05, 4.69) is 53.5 Å². The first-order valence-corrected chi connectivity index (χ1v) is 6.49. The molecule has 3 nitrogen and oxygen atoms in total. The third-order valence-electron chi connectivity index (χ3n) is 2.80. The van der Waals surface area contributed by atoms with E-state index in [-0.39, 0.29) is 5.56 Å². The summed E-state index contributed by atoms with van der Waals surface area (Å²) in [6.07, 6.45) is 2.82. The molecule has 0 saturated carbocycles. The molecule has 0 aliphatic carbocycles. The largest absolute Gasteiger partial charge is 0.545 e. The van der Waals surface area contributed by atoms with Gasteiger partial charge >= 0.3 is 0 Å². The van der Waals surface area contributed by atoms with Gasteiger partial charge in [0.05, 0.1) is 5.97 Å². The summed E-state index contributed by atoms with van der Waals surface area (Å²) < 4.78 is 0. The number of nitrogens with zero attached hydrogens (tertiary/aromatic N) is 1. The van der Waals surface area contributed by atoms with Gasteiger partial charge < -0.3 is 9.90 Å². The maximum atomic E-state index is 10.1. The highest BCUT2D eigenvalue weighted by Gasteiger charge is 1.91. The number of carbonyl (C=O) groups excluding carboxylic acids is 1. The molecule has 1 heterocycles. The predicted octanol–water partition coefficient (Wildman–Crippen LogP) is 2.80. The Kier molecular flexibility index (Phi) is 5.24. The second-order valence-corrected chi connectivity index (χ2v) is 4.26. The third-order valence-corrected chi connectivity index (χ3v) is 2.80. The van der Waals surface area contributed by atoms with E-state index in [0.717, 1.165) is 0 Å². The number of aromatic nitrogens is 1. The van der Waals surface area contributed by atoms with E-state index in [4.69, 9.17) is 0 Å². The zero-order valence-corrected chi connectivity index (χ0v) is 11.3. The van der Waals surface area contributed by atoms with Gasteiger partial charge in [0.1, 0.15) is 0 Å². The highest BCUT2D eigenvalue weighted by molar-refractivity contribution is 5.85. The van der Waals surface area contributed by atoms with Gasteiger partial charge in [0.15, 0.2) is 0 Å². The van der Waals surface area contributed by atoms with Crippen LogP contribution < -0.4 is 5.11 Å². The van der Waals surface area contributed by atoms with Crippen LogP contribution in [0.4, 0.5) is 0 Å². The van der Waals surface area contributed by atoms with Crippen molar-refractivity contribution in [1.82, 2.24) is 4.98 Å². The quantitative estimate of drug-likeness (QED) is 0.723. The number of hydrogen-bond acceptors (Lipinski definition) is 3. The standard InChI is InChI=1S/C12H10.C6H5NO2/c1-3-7-11(8-4-1)12-9-5-2-6-10-12;8-6(9)5-1-3-7-4-2-5/h1-10H;1-4H,(H,8,9)/p-1. The van der Waals surface area contributed by atoms with Gasteiger partial charge in [-0.05, 0) is 23.3 Å². The van der Waals surface area contributed by atoms with E-state index in [1.54, 1.807) is 0 Å². The van der Waals surface area contributed by atoms with Crippen LogP contribution in [0.25, 0.3) is 11.1 Å². The molecule has 0 aliphatic rings. The highest BCUT2D eigenvalue weighted by atomic mass is 16.4. The van der Waals surface area contributed by atoms with E-state index in [0.29, 0.717) is 0 Å². The van der Waals surface area contributed by atoms with E-state index < -0.39 is 5.97 Å². The molecular formula is C18H14NO2-. The normalized spacial score (nSPS) is 9.33. The van der Waals surface area contributed by atoms with Crippen molar-refractivity contribution in [3.8, 4) is 11.1 Å². The van der Waals surface area contributed by atoms with Crippen LogP contribution in [0.15, 0.2) is 85.2 Å². The minimum atomic E-state index is -1.17.